The van der Waals surface area contributed by atoms with Crippen LogP contribution in [-0.4, -0.2) is 47.3 Å². The minimum Gasteiger partial charge on any atom is -0.490 e. The number of rotatable bonds is 12. The van der Waals surface area contributed by atoms with E-state index in [4.69, 9.17) is 19.2 Å². The number of carbonyl (C=O) groups is 1. The third-order valence-corrected chi connectivity index (χ3v) is 6.62. The average molecular weight is 548 g/mol. The molecule has 0 bridgehead atoms. The second-order valence-electron chi connectivity index (χ2n) is 8.35. The number of amidine groups is 1. The zero-order chi connectivity index (χ0) is 27.6. The summed E-state index contributed by atoms with van der Waals surface area (Å²) >= 11 is 1.31. The zero-order valence-corrected chi connectivity index (χ0v) is 22.6. The number of hydrogen-bond acceptors (Lipinski definition) is 8. The molecule has 4 rings (SSSR count). The first-order valence-corrected chi connectivity index (χ1v) is 13.4. The lowest BCUT2D eigenvalue weighted by molar-refractivity contribution is -0.384. The summed E-state index contributed by atoms with van der Waals surface area (Å²) in [7, 11) is 0. The van der Waals surface area contributed by atoms with Gasteiger partial charge in [-0.25, -0.2) is 4.99 Å². The highest BCUT2D eigenvalue weighted by atomic mass is 32.2. The summed E-state index contributed by atoms with van der Waals surface area (Å²) in [6.45, 7) is 5.72. The number of nitrogens with zero attached hydrogens (tertiary/aromatic N) is 3. The number of aliphatic imine (C=N–C) groups is 1. The molecule has 0 aromatic heterocycles. The summed E-state index contributed by atoms with van der Waals surface area (Å²) in [5.74, 6) is 0.873. The molecule has 1 aliphatic rings. The van der Waals surface area contributed by atoms with E-state index < -0.39 is 4.92 Å². The number of nitro benzene ring substituents is 1. The van der Waals surface area contributed by atoms with Gasteiger partial charge in [-0.1, -0.05) is 36.4 Å². The van der Waals surface area contributed by atoms with Crippen LogP contribution in [0.15, 0.2) is 82.7 Å². The SMILES string of the molecule is CCOCCN1C(=O)/C(=C/c2ccc(OCc3cccc([N+](=O)[O-])c3)c(OCC)c2)SC1=Nc1ccccc1. The highest BCUT2D eigenvalue weighted by Gasteiger charge is 2.33. The monoisotopic (exact) mass is 547 g/mol. The average Bonchev–Trinajstić information content (AvgIpc) is 3.22. The van der Waals surface area contributed by atoms with Gasteiger partial charge < -0.3 is 14.2 Å². The summed E-state index contributed by atoms with van der Waals surface area (Å²) in [6, 6.07) is 21.2. The van der Waals surface area contributed by atoms with Crippen LogP contribution in [0.3, 0.4) is 0 Å². The van der Waals surface area contributed by atoms with E-state index in [0.717, 1.165) is 11.3 Å². The van der Waals surface area contributed by atoms with E-state index in [0.29, 0.717) is 53.5 Å². The predicted octanol–water partition coefficient (Wildman–Crippen LogP) is 6.21. The maximum atomic E-state index is 13.3. The van der Waals surface area contributed by atoms with Crippen LogP contribution < -0.4 is 9.47 Å². The Labute approximate surface area is 231 Å². The molecule has 202 valence electrons. The molecule has 1 aliphatic heterocycles. The number of non-ortho nitro benzene ring substituents is 1. The molecular weight excluding hydrogens is 518 g/mol. The normalized spacial score (nSPS) is 15.2. The lowest BCUT2D eigenvalue weighted by Gasteiger charge is -2.15. The number of amides is 1. The van der Waals surface area contributed by atoms with E-state index in [1.165, 1.54) is 23.9 Å². The van der Waals surface area contributed by atoms with Gasteiger partial charge in [-0.15, -0.1) is 0 Å². The largest absolute Gasteiger partial charge is 0.490 e. The van der Waals surface area contributed by atoms with Gasteiger partial charge in [0.05, 0.1) is 35.3 Å². The van der Waals surface area contributed by atoms with Gasteiger partial charge in [0.15, 0.2) is 16.7 Å². The lowest BCUT2D eigenvalue weighted by Crippen LogP contribution is -2.32. The summed E-state index contributed by atoms with van der Waals surface area (Å²) < 4.78 is 17.2. The van der Waals surface area contributed by atoms with E-state index in [-0.39, 0.29) is 18.2 Å². The number of ether oxygens (including phenoxy) is 3. The fourth-order valence-corrected chi connectivity index (χ4v) is 4.80. The van der Waals surface area contributed by atoms with Crippen molar-refractivity contribution in [1.29, 1.82) is 0 Å². The van der Waals surface area contributed by atoms with Crippen molar-refractivity contribution < 1.29 is 23.9 Å². The van der Waals surface area contributed by atoms with Crippen LogP contribution in [0, 0.1) is 10.1 Å². The fourth-order valence-electron chi connectivity index (χ4n) is 3.78. The van der Waals surface area contributed by atoms with Gasteiger partial charge in [0.25, 0.3) is 11.6 Å². The van der Waals surface area contributed by atoms with Gasteiger partial charge in [-0.3, -0.25) is 19.8 Å². The van der Waals surface area contributed by atoms with Crippen LogP contribution in [0.4, 0.5) is 11.4 Å². The Hall–Kier alpha value is -4.15. The quantitative estimate of drug-likeness (QED) is 0.115. The topological polar surface area (TPSA) is 104 Å². The molecule has 1 heterocycles. The number of thioether (sulfide) groups is 1. The second kappa shape index (κ2) is 13.6. The molecule has 1 saturated heterocycles. The third kappa shape index (κ3) is 7.46. The van der Waals surface area contributed by atoms with Crippen LogP contribution in [0.5, 0.6) is 11.5 Å². The molecule has 10 heteroatoms. The Morgan fingerprint density at radius 2 is 1.79 bits per heavy atom. The van der Waals surface area contributed by atoms with Crippen LogP contribution >= 0.6 is 11.8 Å². The summed E-state index contributed by atoms with van der Waals surface area (Å²) in [6.07, 6.45) is 1.81. The van der Waals surface area contributed by atoms with Gasteiger partial charge >= 0.3 is 0 Å². The van der Waals surface area contributed by atoms with Gasteiger partial charge in [-0.2, -0.15) is 0 Å². The second-order valence-corrected chi connectivity index (χ2v) is 9.36. The molecule has 1 fully saturated rings. The molecule has 0 radical (unpaired) electrons. The maximum Gasteiger partial charge on any atom is 0.269 e. The molecule has 0 spiro atoms. The van der Waals surface area contributed by atoms with Crippen molar-refractivity contribution in [2.24, 2.45) is 4.99 Å². The molecule has 3 aromatic carbocycles. The molecule has 0 aliphatic carbocycles. The first-order chi connectivity index (χ1) is 19.0. The van der Waals surface area contributed by atoms with Crippen molar-refractivity contribution in [3.05, 3.63) is 98.9 Å². The van der Waals surface area contributed by atoms with Crippen molar-refractivity contribution in [3.63, 3.8) is 0 Å². The van der Waals surface area contributed by atoms with Crippen LogP contribution in [0.1, 0.15) is 25.0 Å². The Morgan fingerprint density at radius 3 is 2.54 bits per heavy atom. The van der Waals surface area contributed by atoms with Crippen LogP contribution in [0.2, 0.25) is 0 Å². The molecule has 0 atom stereocenters. The predicted molar refractivity (Wildman–Crippen MR) is 152 cm³/mol. The molecule has 0 unspecified atom stereocenters. The van der Waals surface area contributed by atoms with E-state index in [9.17, 15) is 14.9 Å². The van der Waals surface area contributed by atoms with E-state index >= 15 is 0 Å². The van der Waals surface area contributed by atoms with Crippen molar-refractivity contribution >= 4 is 40.3 Å². The number of benzene rings is 3. The highest BCUT2D eigenvalue weighted by Crippen LogP contribution is 2.36. The number of nitro groups is 1. The van der Waals surface area contributed by atoms with Gasteiger partial charge in [0, 0.05) is 18.7 Å². The Balaban J connectivity index is 1.56. The first kappa shape index (κ1) is 27.9. The molecule has 0 saturated carbocycles. The van der Waals surface area contributed by atoms with Crippen molar-refractivity contribution in [1.82, 2.24) is 4.90 Å². The van der Waals surface area contributed by atoms with E-state index in [1.54, 1.807) is 29.2 Å². The fraction of sp³-hybridized carbons (Fsp3) is 0.241. The minimum atomic E-state index is -0.437. The van der Waals surface area contributed by atoms with Gasteiger partial charge in [0.1, 0.15) is 6.61 Å². The number of carbonyl (C=O) groups excluding carboxylic acids is 1. The Morgan fingerprint density at radius 1 is 0.974 bits per heavy atom. The Bertz CT molecular complexity index is 1380. The maximum absolute atomic E-state index is 13.3. The molecule has 0 N–H and O–H groups in total. The molecule has 39 heavy (non-hydrogen) atoms. The molecular formula is C29H29N3O6S. The zero-order valence-electron chi connectivity index (χ0n) is 21.7. The van der Waals surface area contributed by atoms with Crippen molar-refractivity contribution in [2.45, 2.75) is 20.5 Å². The number of hydrogen-bond donors (Lipinski definition) is 0. The summed E-state index contributed by atoms with van der Waals surface area (Å²) in [4.78, 5) is 30.8. The molecule has 3 aromatic rings. The standard InChI is InChI=1S/C29H29N3O6S/c1-3-36-16-15-31-28(33)27(39-29(31)30-23-10-6-5-7-11-23)19-21-13-14-25(26(18-21)37-4-2)38-20-22-9-8-12-24(17-22)32(34)35/h5-14,17-19H,3-4,15-16,20H2,1-2H3/b27-19-,30-29?. The summed E-state index contributed by atoms with van der Waals surface area (Å²) in [5, 5.41) is 11.7. The van der Waals surface area contributed by atoms with Crippen molar-refractivity contribution in [2.75, 3.05) is 26.4 Å². The minimum absolute atomic E-state index is 0.00677. The molecule has 1 amide bonds. The van der Waals surface area contributed by atoms with E-state index in [2.05, 4.69) is 0 Å². The van der Waals surface area contributed by atoms with Gasteiger partial charge in [0.2, 0.25) is 0 Å². The third-order valence-electron chi connectivity index (χ3n) is 5.61. The number of para-hydroxylation sites is 1. The van der Waals surface area contributed by atoms with Crippen LogP contribution in [-0.2, 0) is 16.1 Å². The van der Waals surface area contributed by atoms with Crippen molar-refractivity contribution in [3.8, 4) is 11.5 Å². The molecule has 9 nitrogen and oxygen atoms in total. The van der Waals surface area contributed by atoms with E-state index in [1.807, 2.05) is 56.3 Å². The first-order valence-electron chi connectivity index (χ1n) is 12.5. The van der Waals surface area contributed by atoms with Gasteiger partial charge in [-0.05, 0) is 67.1 Å². The Kier molecular flexibility index (Phi) is 9.71. The lowest BCUT2D eigenvalue weighted by atomic mass is 10.1. The smallest absolute Gasteiger partial charge is 0.269 e. The van der Waals surface area contributed by atoms with Crippen LogP contribution in [0.25, 0.3) is 6.08 Å². The highest BCUT2D eigenvalue weighted by molar-refractivity contribution is 8.18. The summed E-state index contributed by atoms with van der Waals surface area (Å²) in [5.41, 5.74) is 2.21.